The first kappa shape index (κ1) is 22.9. The van der Waals surface area contributed by atoms with Crippen molar-refractivity contribution < 1.29 is 14.3 Å². The Hall–Kier alpha value is -3.32. The van der Waals surface area contributed by atoms with Gasteiger partial charge in [-0.2, -0.15) is 5.10 Å². The molecule has 7 nitrogen and oxygen atoms in total. The second kappa shape index (κ2) is 11.0. The van der Waals surface area contributed by atoms with Gasteiger partial charge in [0.15, 0.2) is 0 Å². The van der Waals surface area contributed by atoms with Crippen LogP contribution in [0.25, 0.3) is 0 Å². The van der Waals surface area contributed by atoms with Gasteiger partial charge in [0.1, 0.15) is 11.6 Å². The standard InChI is InChI=1S/C25H27ClN4O3/c26-21-10-8-19(9-11-21)17-30-23(12-14-27-30)28-25(32)20-5-4-15-29(18-20)24(31)13-16-33-22-6-2-1-3-7-22/h1-3,6-12,14,20H,4-5,13,15-18H2,(H,28,32). The predicted octanol–water partition coefficient (Wildman–Crippen LogP) is 4.23. The molecule has 1 fully saturated rings. The summed E-state index contributed by atoms with van der Waals surface area (Å²) < 4.78 is 7.38. The molecule has 1 unspecified atom stereocenters. The van der Waals surface area contributed by atoms with Gasteiger partial charge in [0.2, 0.25) is 11.8 Å². The second-order valence-corrected chi connectivity index (χ2v) is 8.52. The van der Waals surface area contributed by atoms with E-state index in [1.165, 1.54) is 0 Å². The van der Waals surface area contributed by atoms with Crippen molar-refractivity contribution in [1.82, 2.24) is 14.7 Å². The molecule has 1 atom stereocenters. The molecule has 33 heavy (non-hydrogen) atoms. The minimum atomic E-state index is -0.253. The predicted molar refractivity (Wildman–Crippen MR) is 127 cm³/mol. The number of para-hydroxylation sites is 1. The number of nitrogens with zero attached hydrogens (tertiary/aromatic N) is 3. The zero-order valence-electron chi connectivity index (χ0n) is 18.3. The number of piperidine rings is 1. The van der Waals surface area contributed by atoms with Crippen molar-refractivity contribution in [2.24, 2.45) is 5.92 Å². The number of carbonyl (C=O) groups excluding carboxylic acids is 2. The Labute approximate surface area is 198 Å². The number of anilines is 1. The molecule has 0 aliphatic carbocycles. The molecular weight excluding hydrogens is 440 g/mol. The van der Waals surface area contributed by atoms with Crippen LogP contribution in [0, 0.1) is 5.92 Å². The molecule has 2 heterocycles. The topological polar surface area (TPSA) is 76.5 Å². The second-order valence-electron chi connectivity index (χ2n) is 8.08. The van der Waals surface area contributed by atoms with Gasteiger partial charge in [-0.1, -0.05) is 41.9 Å². The number of hydrogen-bond donors (Lipinski definition) is 1. The monoisotopic (exact) mass is 466 g/mol. The minimum absolute atomic E-state index is 0.0104. The first-order chi connectivity index (χ1) is 16.1. The van der Waals surface area contributed by atoms with Crippen molar-refractivity contribution in [2.45, 2.75) is 25.8 Å². The van der Waals surface area contributed by atoms with E-state index in [4.69, 9.17) is 16.3 Å². The van der Waals surface area contributed by atoms with E-state index in [1.54, 1.807) is 21.8 Å². The first-order valence-electron chi connectivity index (χ1n) is 11.1. The summed E-state index contributed by atoms with van der Waals surface area (Å²) in [7, 11) is 0. The van der Waals surface area contributed by atoms with Crippen molar-refractivity contribution in [3.8, 4) is 5.75 Å². The number of carbonyl (C=O) groups is 2. The quantitative estimate of drug-likeness (QED) is 0.539. The first-order valence-corrected chi connectivity index (χ1v) is 11.5. The molecule has 1 aliphatic heterocycles. The summed E-state index contributed by atoms with van der Waals surface area (Å²) in [4.78, 5) is 27.4. The molecule has 0 radical (unpaired) electrons. The maximum absolute atomic E-state index is 12.9. The van der Waals surface area contributed by atoms with Crippen molar-refractivity contribution in [1.29, 1.82) is 0 Å². The highest BCUT2D eigenvalue weighted by molar-refractivity contribution is 6.30. The summed E-state index contributed by atoms with van der Waals surface area (Å²) in [5.74, 6) is 1.05. The molecule has 0 spiro atoms. The van der Waals surface area contributed by atoms with E-state index in [9.17, 15) is 9.59 Å². The van der Waals surface area contributed by atoms with Gasteiger partial charge < -0.3 is 15.0 Å². The molecule has 4 rings (SSSR count). The lowest BCUT2D eigenvalue weighted by Gasteiger charge is -2.32. The third kappa shape index (κ3) is 6.35. The number of rotatable bonds is 8. The summed E-state index contributed by atoms with van der Waals surface area (Å²) in [6, 6.07) is 18.7. The number of ether oxygens (including phenoxy) is 1. The lowest BCUT2D eigenvalue weighted by atomic mass is 9.97. The maximum Gasteiger partial charge on any atom is 0.230 e. The number of nitrogens with one attached hydrogen (secondary N) is 1. The molecule has 1 aromatic heterocycles. The van der Waals surface area contributed by atoms with E-state index in [0.29, 0.717) is 37.1 Å². The van der Waals surface area contributed by atoms with Crippen LogP contribution in [0.2, 0.25) is 5.02 Å². The Balaban J connectivity index is 1.28. The number of halogens is 1. The van der Waals surface area contributed by atoms with E-state index < -0.39 is 0 Å². The Morgan fingerprint density at radius 2 is 1.88 bits per heavy atom. The molecular formula is C25H27ClN4O3. The molecule has 8 heteroatoms. The smallest absolute Gasteiger partial charge is 0.230 e. The van der Waals surface area contributed by atoms with Crippen LogP contribution < -0.4 is 10.1 Å². The van der Waals surface area contributed by atoms with Crippen LogP contribution in [0.3, 0.4) is 0 Å². The van der Waals surface area contributed by atoms with E-state index >= 15 is 0 Å². The highest BCUT2D eigenvalue weighted by atomic mass is 35.5. The highest BCUT2D eigenvalue weighted by Gasteiger charge is 2.28. The van der Waals surface area contributed by atoms with Crippen LogP contribution in [0.1, 0.15) is 24.8 Å². The maximum atomic E-state index is 12.9. The van der Waals surface area contributed by atoms with Crippen LogP contribution in [-0.2, 0) is 16.1 Å². The van der Waals surface area contributed by atoms with Gasteiger partial charge in [-0.15, -0.1) is 0 Å². The van der Waals surface area contributed by atoms with Gasteiger partial charge in [-0.3, -0.25) is 9.59 Å². The van der Waals surface area contributed by atoms with Crippen LogP contribution in [-0.4, -0.2) is 46.2 Å². The zero-order valence-corrected chi connectivity index (χ0v) is 19.1. The largest absolute Gasteiger partial charge is 0.493 e. The molecule has 1 aliphatic rings. The molecule has 2 aromatic carbocycles. The lowest BCUT2D eigenvalue weighted by Crippen LogP contribution is -2.44. The fourth-order valence-corrected chi connectivity index (χ4v) is 4.03. The molecule has 2 amide bonds. The molecule has 0 bridgehead atoms. The number of amides is 2. The molecule has 1 N–H and O–H groups in total. The number of aromatic nitrogens is 2. The SMILES string of the molecule is O=C(Nc1ccnn1Cc1ccc(Cl)cc1)C1CCCN(C(=O)CCOc2ccccc2)C1. The lowest BCUT2D eigenvalue weighted by molar-refractivity contribution is -0.135. The highest BCUT2D eigenvalue weighted by Crippen LogP contribution is 2.20. The average molecular weight is 467 g/mol. The van der Waals surface area contributed by atoms with E-state index in [-0.39, 0.29) is 24.2 Å². The summed E-state index contributed by atoms with van der Waals surface area (Å²) >= 11 is 5.96. The van der Waals surface area contributed by atoms with Crippen molar-refractivity contribution in [3.05, 3.63) is 77.4 Å². The number of benzene rings is 2. The third-order valence-corrected chi connectivity index (χ3v) is 5.94. The van der Waals surface area contributed by atoms with Crippen LogP contribution in [0.5, 0.6) is 5.75 Å². The zero-order chi connectivity index (χ0) is 23.0. The summed E-state index contributed by atoms with van der Waals surface area (Å²) in [5.41, 5.74) is 1.03. The van der Waals surface area contributed by atoms with Crippen LogP contribution >= 0.6 is 11.6 Å². The van der Waals surface area contributed by atoms with Gasteiger partial charge in [0.05, 0.1) is 31.7 Å². The Bertz CT molecular complexity index is 1070. The molecule has 1 saturated heterocycles. The summed E-state index contributed by atoms with van der Waals surface area (Å²) in [6.07, 6.45) is 3.50. The van der Waals surface area contributed by atoms with E-state index in [0.717, 1.165) is 24.2 Å². The van der Waals surface area contributed by atoms with Gasteiger partial charge in [-0.25, -0.2) is 4.68 Å². The van der Waals surface area contributed by atoms with Crippen LogP contribution in [0.15, 0.2) is 66.9 Å². The van der Waals surface area contributed by atoms with E-state index in [2.05, 4.69) is 10.4 Å². The Morgan fingerprint density at radius 1 is 1.09 bits per heavy atom. The summed E-state index contributed by atoms with van der Waals surface area (Å²) in [5, 5.41) is 7.99. The van der Waals surface area contributed by atoms with Gasteiger partial charge in [-0.05, 0) is 42.7 Å². The van der Waals surface area contributed by atoms with Crippen molar-refractivity contribution in [3.63, 3.8) is 0 Å². The summed E-state index contributed by atoms with van der Waals surface area (Å²) in [6.45, 7) is 1.93. The Morgan fingerprint density at radius 3 is 2.67 bits per heavy atom. The van der Waals surface area contributed by atoms with Crippen LogP contribution in [0.4, 0.5) is 5.82 Å². The van der Waals surface area contributed by atoms with Gasteiger partial charge in [0, 0.05) is 24.2 Å². The normalized spacial score (nSPS) is 15.8. The van der Waals surface area contributed by atoms with Gasteiger partial charge >= 0.3 is 0 Å². The number of hydrogen-bond acceptors (Lipinski definition) is 4. The third-order valence-electron chi connectivity index (χ3n) is 5.69. The molecule has 3 aromatic rings. The molecule has 172 valence electrons. The minimum Gasteiger partial charge on any atom is -0.493 e. The average Bonchev–Trinajstić information content (AvgIpc) is 3.27. The number of likely N-dealkylation sites (tertiary alicyclic amines) is 1. The van der Waals surface area contributed by atoms with Crippen molar-refractivity contribution in [2.75, 3.05) is 25.0 Å². The fraction of sp³-hybridized carbons (Fsp3) is 0.320. The van der Waals surface area contributed by atoms with E-state index in [1.807, 2.05) is 54.6 Å². The molecule has 0 saturated carbocycles. The van der Waals surface area contributed by atoms with Gasteiger partial charge in [0.25, 0.3) is 0 Å². The Kier molecular flexibility index (Phi) is 7.62. The van der Waals surface area contributed by atoms with Crippen molar-refractivity contribution >= 4 is 29.2 Å². The fourth-order valence-electron chi connectivity index (χ4n) is 3.90.